The lowest BCUT2D eigenvalue weighted by atomic mass is 10.2. The van der Waals surface area contributed by atoms with Crippen molar-refractivity contribution in [1.82, 2.24) is 9.97 Å². The van der Waals surface area contributed by atoms with E-state index in [1.165, 1.54) is 0 Å². The highest BCUT2D eigenvalue weighted by Gasteiger charge is 2.08. The Morgan fingerprint density at radius 1 is 1.14 bits per heavy atom. The molecule has 3 aromatic rings. The zero-order chi connectivity index (χ0) is 15.5. The number of H-pyrrole nitrogens is 1. The van der Waals surface area contributed by atoms with Crippen LogP contribution in [0.4, 0.5) is 5.95 Å². The molecule has 22 heavy (non-hydrogen) atoms. The zero-order valence-electron chi connectivity index (χ0n) is 12.5. The Balaban J connectivity index is 1.88. The monoisotopic (exact) mass is 295 g/mol. The predicted octanol–water partition coefficient (Wildman–Crippen LogP) is 2.57. The maximum atomic E-state index is 12.1. The summed E-state index contributed by atoms with van der Waals surface area (Å²) in [6.07, 6.45) is 0. The van der Waals surface area contributed by atoms with Crippen LogP contribution in [0.15, 0.2) is 53.3 Å². The molecule has 0 saturated heterocycles. The third-order valence-corrected chi connectivity index (χ3v) is 3.54. The highest BCUT2D eigenvalue weighted by atomic mass is 16.5. The van der Waals surface area contributed by atoms with Gasteiger partial charge in [0.25, 0.3) is 5.56 Å². The second-order valence-electron chi connectivity index (χ2n) is 5.11. The van der Waals surface area contributed by atoms with Gasteiger partial charge in [0, 0.05) is 13.6 Å². The van der Waals surface area contributed by atoms with Gasteiger partial charge in [0.15, 0.2) is 0 Å². The number of anilines is 1. The molecule has 112 valence electrons. The normalized spacial score (nSPS) is 10.6. The van der Waals surface area contributed by atoms with Crippen molar-refractivity contribution in [3.63, 3.8) is 0 Å². The summed E-state index contributed by atoms with van der Waals surface area (Å²) in [5.74, 6) is 1.38. The van der Waals surface area contributed by atoms with Crippen LogP contribution in [0.3, 0.4) is 0 Å². The second-order valence-corrected chi connectivity index (χ2v) is 5.11. The highest BCUT2D eigenvalue weighted by molar-refractivity contribution is 5.78. The van der Waals surface area contributed by atoms with Crippen LogP contribution in [0.5, 0.6) is 5.75 Å². The number of rotatable bonds is 4. The molecule has 0 spiro atoms. The average molecular weight is 295 g/mol. The van der Waals surface area contributed by atoms with Gasteiger partial charge in [0.2, 0.25) is 5.95 Å². The van der Waals surface area contributed by atoms with Gasteiger partial charge in [-0.15, -0.1) is 0 Å². The molecule has 0 unspecified atom stereocenters. The fraction of sp³-hybridized carbons (Fsp3) is 0.176. The summed E-state index contributed by atoms with van der Waals surface area (Å²) < 4.78 is 5.15. The molecule has 0 saturated carbocycles. The Morgan fingerprint density at radius 3 is 2.59 bits per heavy atom. The van der Waals surface area contributed by atoms with E-state index >= 15 is 0 Å². The van der Waals surface area contributed by atoms with Crippen molar-refractivity contribution >= 4 is 16.9 Å². The molecule has 2 aromatic carbocycles. The number of fused-ring (bicyclic) bond motifs is 1. The van der Waals surface area contributed by atoms with Gasteiger partial charge in [0.05, 0.1) is 18.0 Å². The van der Waals surface area contributed by atoms with Crippen molar-refractivity contribution in [3.8, 4) is 5.75 Å². The summed E-state index contributed by atoms with van der Waals surface area (Å²) in [7, 11) is 3.54. The number of aromatic amines is 1. The number of aromatic nitrogens is 2. The minimum Gasteiger partial charge on any atom is -0.497 e. The van der Waals surface area contributed by atoms with Gasteiger partial charge in [0.1, 0.15) is 5.75 Å². The Bertz CT molecular complexity index is 840. The van der Waals surface area contributed by atoms with Crippen LogP contribution in [-0.4, -0.2) is 24.1 Å². The van der Waals surface area contributed by atoms with E-state index in [-0.39, 0.29) is 5.56 Å². The minimum absolute atomic E-state index is 0.123. The van der Waals surface area contributed by atoms with Gasteiger partial charge in [-0.1, -0.05) is 24.3 Å². The first-order chi connectivity index (χ1) is 10.7. The zero-order valence-corrected chi connectivity index (χ0v) is 12.5. The van der Waals surface area contributed by atoms with Crippen molar-refractivity contribution in [2.75, 3.05) is 19.1 Å². The van der Waals surface area contributed by atoms with Gasteiger partial charge >= 0.3 is 0 Å². The molecule has 1 heterocycles. The third kappa shape index (κ3) is 2.79. The standard InChI is InChI=1S/C17H17N3O2/c1-20(11-12-7-9-13(22-2)10-8-12)17-18-15-6-4-3-5-14(15)16(21)19-17/h3-10H,11H2,1-2H3,(H,18,19,21). The number of nitrogens with zero attached hydrogens (tertiary/aromatic N) is 2. The Morgan fingerprint density at radius 2 is 1.86 bits per heavy atom. The van der Waals surface area contributed by atoms with Gasteiger partial charge in [-0.3, -0.25) is 9.78 Å². The van der Waals surface area contributed by atoms with Gasteiger partial charge in [-0.2, -0.15) is 0 Å². The van der Waals surface area contributed by atoms with Crippen LogP contribution in [0.1, 0.15) is 5.56 Å². The molecule has 0 radical (unpaired) electrons. The summed E-state index contributed by atoms with van der Waals surface area (Å²) in [5, 5.41) is 0.601. The number of para-hydroxylation sites is 1. The number of ether oxygens (including phenoxy) is 1. The fourth-order valence-electron chi connectivity index (χ4n) is 2.33. The summed E-state index contributed by atoms with van der Waals surface area (Å²) in [5.41, 5.74) is 1.68. The quantitative estimate of drug-likeness (QED) is 0.803. The van der Waals surface area contributed by atoms with E-state index in [2.05, 4.69) is 9.97 Å². The molecular weight excluding hydrogens is 278 g/mol. The van der Waals surface area contributed by atoms with Crippen molar-refractivity contribution in [1.29, 1.82) is 0 Å². The van der Waals surface area contributed by atoms with Crippen LogP contribution in [0, 0.1) is 0 Å². The summed E-state index contributed by atoms with van der Waals surface area (Å²) in [6, 6.07) is 15.1. The molecule has 3 rings (SSSR count). The predicted molar refractivity (Wildman–Crippen MR) is 87.5 cm³/mol. The molecule has 5 heteroatoms. The Labute approximate surface area is 128 Å². The number of methoxy groups -OCH3 is 1. The fourth-order valence-corrected chi connectivity index (χ4v) is 2.33. The molecule has 0 fully saturated rings. The first kappa shape index (κ1) is 14.1. The van der Waals surface area contributed by atoms with Crippen LogP contribution in [-0.2, 0) is 6.54 Å². The van der Waals surface area contributed by atoms with Crippen LogP contribution < -0.4 is 15.2 Å². The molecule has 0 aliphatic heterocycles. The molecule has 0 aliphatic rings. The second kappa shape index (κ2) is 5.89. The van der Waals surface area contributed by atoms with Crippen molar-refractivity contribution in [2.24, 2.45) is 0 Å². The van der Waals surface area contributed by atoms with E-state index in [9.17, 15) is 4.79 Å². The van der Waals surface area contributed by atoms with Crippen molar-refractivity contribution in [2.45, 2.75) is 6.54 Å². The Hall–Kier alpha value is -2.82. The number of nitrogens with one attached hydrogen (secondary N) is 1. The molecule has 0 bridgehead atoms. The van der Waals surface area contributed by atoms with E-state index in [0.717, 1.165) is 11.3 Å². The SMILES string of the molecule is COc1ccc(CN(C)c2nc3ccccc3c(=O)[nH]2)cc1. The molecule has 1 N–H and O–H groups in total. The molecule has 5 nitrogen and oxygen atoms in total. The molecular formula is C17H17N3O2. The van der Waals surface area contributed by atoms with E-state index in [1.807, 2.05) is 54.4 Å². The smallest absolute Gasteiger partial charge is 0.260 e. The minimum atomic E-state index is -0.123. The molecule has 0 amide bonds. The molecule has 0 atom stereocenters. The van der Waals surface area contributed by atoms with Gasteiger partial charge < -0.3 is 9.64 Å². The lowest BCUT2D eigenvalue weighted by molar-refractivity contribution is 0.414. The number of benzene rings is 2. The van der Waals surface area contributed by atoms with Crippen molar-refractivity contribution in [3.05, 3.63) is 64.4 Å². The highest BCUT2D eigenvalue weighted by Crippen LogP contribution is 2.15. The van der Waals surface area contributed by atoms with Crippen LogP contribution in [0.2, 0.25) is 0 Å². The van der Waals surface area contributed by atoms with E-state index in [1.54, 1.807) is 13.2 Å². The maximum absolute atomic E-state index is 12.1. The van der Waals surface area contributed by atoms with Gasteiger partial charge in [-0.25, -0.2) is 4.98 Å². The summed E-state index contributed by atoms with van der Waals surface area (Å²) >= 11 is 0. The van der Waals surface area contributed by atoms with E-state index in [0.29, 0.717) is 23.4 Å². The lowest BCUT2D eigenvalue weighted by Gasteiger charge is -2.18. The van der Waals surface area contributed by atoms with Crippen LogP contribution >= 0.6 is 0 Å². The molecule has 1 aromatic heterocycles. The van der Waals surface area contributed by atoms with E-state index in [4.69, 9.17) is 4.74 Å². The topological polar surface area (TPSA) is 58.2 Å². The summed E-state index contributed by atoms with van der Waals surface area (Å²) in [4.78, 5) is 21.4. The van der Waals surface area contributed by atoms with Crippen molar-refractivity contribution < 1.29 is 4.74 Å². The largest absolute Gasteiger partial charge is 0.497 e. The van der Waals surface area contributed by atoms with Gasteiger partial charge in [-0.05, 0) is 29.8 Å². The molecule has 0 aliphatic carbocycles. The third-order valence-electron chi connectivity index (χ3n) is 3.54. The maximum Gasteiger partial charge on any atom is 0.260 e. The lowest BCUT2D eigenvalue weighted by Crippen LogP contribution is -2.22. The number of hydrogen-bond donors (Lipinski definition) is 1. The van der Waals surface area contributed by atoms with Crippen LogP contribution in [0.25, 0.3) is 10.9 Å². The first-order valence-corrected chi connectivity index (χ1v) is 7.00. The first-order valence-electron chi connectivity index (χ1n) is 7.00. The number of hydrogen-bond acceptors (Lipinski definition) is 4. The Kier molecular flexibility index (Phi) is 3.78. The average Bonchev–Trinajstić information content (AvgIpc) is 2.55. The summed E-state index contributed by atoms with van der Waals surface area (Å²) in [6.45, 7) is 0.644. The van der Waals surface area contributed by atoms with E-state index < -0.39 is 0 Å².